The van der Waals surface area contributed by atoms with E-state index in [0.717, 1.165) is 17.4 Å². The van der Waals surface area contributed by atoms with Crippen molar-refractivity contribution in [1.29, 1.82) is 0 Å². The Bertz CT molecular complexity index is 906. The molecule has 1 fully saturated rings. The lowest BCUT2D eigenvalue weighted by molar-refractivity contribution is -0.117. The molecular formula is C16H14ClN5O. The van der Waals surface area contributed by atoms with Crippen molar-refractivity contribution in [2.24, 2.45) is 13.0 Å². The van der Waals surface area contributed by atoms with E-state index in [9.17, 15) is 4.79 Å². The number of rotatable bonds is 3. The number of carbonyl (C=O) groups excluding carboxylic acids is 1. The maximum Gasteiger partial charge on any atom is 0.229 e. The van der Waals surface area contributed by atoms with E-state index in [1.54, 1.807) is 23.0 Å². The van der Waals surface area contributed by atoms with Gasteiger partial charge in [-0.05, 0) is 36.1 Å². The van der Waals surface area contributed by atoms with Crippen molar-refractivity contribution in [3.63, 3.8) is 0 Å². The molecule has 3 aromatic rings. The highest BCUT2D eigenvalue weighted by Gasteiger charge is 2.44. The Balaban J connectivity index is 1.48. The summed E-state index contributed by atoms with van der Waals surface area (Å²) in [6, 6.07) is 5.41. The topological polar surface area (TPSA) is 72.7 Å². The molecule has 6 nitrogen and oxygen atoms in total. The first-order valence-corrected chi connectivity index (χ1v) is 7.69. The number of aromatic nitrogens is 4. The second-order valence-corrected chi connectivity index (χ2v) is 6.22. The van der Waals surface area contributed by atoms with Crippen LogP contribution in [0.25, 0.3) is 11.0 Å². The van der Waals surface area contributed by atoms with Crippen molar-refractivity contribution in [3.05, 3.63) is 47.4 Å². The molecule has 0 radical (unpaired) electrons. The molecule has 0 bridgehead atoms. The van der Waals surface area contributed by atoms with Crippen molar-refractivity contribution in [3.8, 4) is 0 Å². The van der Waals surface area contributed by atoms with Crippen LogP contribution in [0.2, 0.25) is 5.02 Å². The molecule has 2 atom stereocenters. The van der Waals surface area contributed by atoms with Gasteiger partial charge >= 0.3 is 0 Å². The quantitative estimate of drug-likeness (QED) is 0.802. The Morgan fingerprint density at radius 1 is 1.39 bits per heavy atom. The number of nitrogens with zero attached hydrogens (tertiary/aromatic N) is 4. The molecule has 7 heteroatoms. The van der Waals surface area contributed by atoms with Crippen molar-refractivity contribution in [1.82, 2.24) is 19.7 Å². The minimum absolute atomic E-state index is 0.0142. The van der Waals surface area contributed by atoms with E-state index < -0.39 is 0 Å². The SMILES string of the molecule is Cn1cc([C@@H]2C[C@H]2C(=O)Nc2ccc3cc(Cl)cnc3n2)cn1. The summed E-state index contributed by atoms with van der Waals surface area (Å²) in [6.07, 6.45) is 6.17. The molecule has 116 valence electrons. The highest BCUT2D eigenvalue weighted by molar-refractivity contribution is 6.31. The Morgan fingerprint density at radius 2 is 2.26 bits per heavy atom. The van der Waals surface area contributed by atoms with Gasteiger partial charge in [0.1, 0.15) is 5.82 Å². The molecule has 3 heterocycles. The van der Waals surface area contributed by atoms with Crippen molar-refractivity contribution >= 4 is 34.4 Å². The van der Waals surface area contributed by atoms with Crippen molar-refractivity contribution in [2.45, 2.75) is 12.3 Å². The summed E-state index contributed by atoms with van der Waals surface area (Å²) in [4.78, 5) is 20.9. The first-order chi connectivity index (χ1) is 11.1. The summed E-state index contributed by atoms with van der Waals surface area (Å²) in [5.41, 5.74) is 1.67. The molecule has 1 aliphatic carbocycles. The molecule has 1 amide bonds. The molecule has 0 unspecified atom stereocenters. The summed E-state index contributed by atoms with van der Waals surface area (Å²) >= 11 is 5.90. The van der Waals surface area contributed by atoms with E-state index in [-0.39, 0.29) is 17.7 Å². The molecule has 0 aromatic carbocycles. The second kappa shape index (κ2) is 5.31. The molecule has 0 spiro atoms. The van der Waals surface area contributed by atoms with Crippen LogP contribution in [0.3, 0.4) is 0 Å². The third kappa shape index (κ3) is 2.77. The highest BCUT2D eigenvalue weighted by atomic mass is 35.5. The number of carbonyl (C=O) groups is 1. The number of hydrogen-bond donors (Lipinski definition) is 1. The standard InChI is InChI=1S/C16H14ClN5O/c1-22-8-10(6-19-22)12-5-13(12)16(23)21-14-3-2-9-4-11(17)7-18-15(9)20-14/h2-4,6-8,12-13H,5H2,1H3,(H,18,20,21,23)/t12-,13+/m0/s1. The molecular weight excluding hydrogens is 314 g/mol. The smallest absolute Gasteiger partial charge is 0.229 e. The first kappa shape index (κ1) is 14.1. The summed E-state index contributed by atoms with van der Waals surface area (Å²) in [6.45, 7) is 0. The number of hydrogen-bond acceptors (Lipinski definition) is 4. The van der Waals surface area contributed by atoms with Gasteiger partial charge in [0.25, 0.3) is 0 Å². The Morgan fingerprint density at radius 3 is 3.04 bits per heavy atom. The minimum atomic E-state index is -0.0186. The molecule has 1 N–H and O–H groups in total. The van der Waals surface area contributed by atoms with E-state index in [1.165, 1.54) is 0 Å². The van der Waals surface area contributed by atoms with Crippen LogP contribution >= 0.6 is 11.6 Å². The zero-order valence-corrected chi connectivity index (χ0v) is 13.2. The molecule has 4 rings (SSSR count). The van der Waals surface area contributed by atoms with Crippen LogP contribution < -0.4 is 5.32 Å². The lowest BCUT2D eigenvalue weighted by atomic mass is 10.2. The largest absolute Gasteiger partial charge is 0.310 e. The molecule has 1 aliphatic rings. The predicted molar refractivity (Wildman–Crippen MR) is 87.2 cm³/mol. The van der Waals surface area contributed by atoms with Crippen molar-refractivity contribution < 1.29 is 4.79 Å². The zero-order chi connectivity index (χ0) is 16.0. The van der Waals surface area contributed by atoms with E-state index >= 15 is 0 Å². The van der Waals surface area contributed by atoms with E-state index in [0.29, 0.717) is 16.5 Å². The van der Waals surface area contributed by atoms with Crippen LogP contribution in [0.4, 0.5) is 5.82 Å². The average Bonchev–Trinajstić information content (AvgIpc) is 3.22. The second-order valence-electron chi connectivity index (χ2n) is 5.78. The molecule has 1 saturated carbocycles. The van der Waals surface area contributed by atoms with Crippen LogP contribution in [0.1, 0.15) is 17.9 Å². The number of halogens is 1. The van der Waals surface area contributed by atoms with Gasteiger partial charge in [0.15, 0.2) is 5.65 Å². The molecule has 23 heavy (non-hydrogen) atoms. The van der Waals surface area contributed by atoms with E-state index in [4.69, 9.17) is 11.6 Å². The maximum atomic E-state index is 12.3. The fourth-order valence-corrected chi connectivity index (χ4v) is 2.92. The molecule has 3 aromatic heterocycles. The zero-order valence-electron chi connectivity index (χ0n) is 12.4. The van der Waals surface area contributed by atoms with Crippen LogP contribution in [-0.2, 0) is 11.8 Å². The van der Waals surface area contributed by atoms with Gasteiger partial charge in [-0.25, -0.2) is 9.97 Å². The third-order valence-corrected chi connectivity index (χ3v) is 4.25. The lowest BCUT2D eigenvalue weighted by Crippen LogP contribution is -2.15. The number of fused-ring (bicyclic) bond motifs is 1. The number of amides is 1. The third-order valence-electron chi connectivity index (χ3n) is 4.04. The first-order valence-electron chi connectivity index (χ1n) is 7.32. The summed E-state index contributed by atoms with van der Waals surface area (Å²) in [5, 5.41) is 8.42. The maximum absolute atomic E-state index is 12.3. The molecule has 0 saturated heterocycles. The van der Waals surface area contributed by atoms with E-state index in [1.807, 2.05) is 25.5 Å². The summed E-state index contributed by atoms with van der Waals surface area (Å²) in [5.74, 6) is 0.727. The highest BCUT2D eigenvalue weighted by Crippen LogP contribution is 2.47. The summed E-state index contributed by atoms with van der Waals surface area (Å²) < 4.78 is 1.75. The van der Waals surface area contributed by atoms with Gasteiger partial charge in [-0.15, -0.1) is 0 Å². The van der Waals surface area contributed by atoms with E-state index in [2.05, 4.69) is 20.4 Å². The van der Waals surface area contributed by atoms with Gasteiger partial charge < -0.3 is 5.32 Å². The fourth-order valence-electron chi connectivity index (χ4n) is 2.76. The minimum Gasteiger partial charge on any atom is -0.310 e. The van der Waals surface area contributed by atoms with Gasteiger partial charge in [0.2, 0.25) is 5.91 Å². The van der Waals surface area contributed by atoms with Gasteiger partial charge in [-0.1, -0.05) is 11.6 Å². The molecule has 0 aliphatic heterocycles. The number of aryl methyl sites for hydroxylation is 1. The number of nitrogens with one attached hydrogen (secondary N) is 1. The fraction of sp³-hybridized carbons (Fsp3) is 0.250. The van der Waals surface area contributed by atoms with Crippen LogP contribution in [0.5, 0.6) is 0 Å². The Labute approximate surface area is 137 Å². The van der Waals surface area contributed by atoms with Gasteiger partial charge in [0.05, 0.1) is 11.2 Å². The predicted octanol–water partition coefficient (Wildman–Crippen LogP) is 2.76. The van der Waals surface area contributed by atoms with Gasteiger partial charge in [-0.2, -0.15) is 5.10 Å². The number of pyridine rings is 2. The lowest BCUT2D eigenvalue weighted by Gasteiger charge is -2.05. The normalized spacial score (nSPS) is 19.7. The average molecular weight is 328 g/mol. The van der Waals surface area contributed by atoms with Crippen LogP contribution in [-0.4, -0.2) is 25.7 Å². The Hall–Kier alpha value is -2.47. The van der Waals surface area contributed by atoms with Crippen LogP contribution in [0, 0.1) is 5.92 Å². The van der Waals surface area contributed by atoms with Gasteiger partial charge in [0, 0.05) is 30.7 Å². The summed E-state index contributed by atoms with van der Waals surface area (Å²) in [7, 11) is 1.87. The van der Waals surface area contributed by atoms with Gasteiger partial charge in [-0.3, -0.25) is 9.48 Å². The monoisotopic (exact) mass is 327 g/mol. The number of anilines is 1. The van der Waals surface area contributed by atoms with Crippen molar-refractivity contribution in [2.75, 3.05) is 5.32 Å². The van der Waals surface area contributed by atoms with Crippen LogP contribution in [0.15, 0.2) is 36.8 Å². The Kier molecular flexibility index (Phi) is 3.27.